The molecule has 2 aromatic heterocycles. The fourth-order valence-corrected chi connectivity index (χ4v) is 7.07. The number of nitrogens with zero attached hydrogens (tertiary/aromatic N) is 3. The SMILES string of the molecule is c1ccc(-c2nc(-c3cccc(-c4ccc5c(ccc6ccc7oc8ccccc8c7c65)c4)c3)nc(-c3ccc4ccccc4c3)n2)cc1. The van der Waals surface area contributed by atoms with Gasteiger partial charge < -0.3 is 4.42 Å². The van der Waals surface area contributed by atoms with Gasteiger partial charge in [0.25, 0.3) is 0 Å². The first-order valence-corrected chi connectivity index (χ1v) is 16.4. The van der Waals surface area contributed by atoms with Gasteiger partial charge in [-0.1, -0.05) is 133 Å². The molecule has 0 unspecified atom stereocenters. The van der Waals surface area contributed by atoms with Gasteiger partial charge in [0.05, 0.1) is 0 Å². The first kappa shape index (κ1) is 27.5. The molecule has 49 heavy (non-hydrogen) atoms. The monoisotopic (exact) mass is 625 g/mol. The molecule has 0 atom stereocenters. The van der Waals surface area contributed by atoms with Crippen molar-refractivity contribution in [2.75, 3.05) is 0 Å². The third kappa shape index (κ3) is 4.65. The van der Waals surface area contributed by atoms with Gasteiger partial charge in [0.1, 0.15) is 11.2 Å². The molecule has 0 saturated heterocycles. The van der Waals surface area contributed by atoms with Gasteiger partial charge in [0.15, 0.2) is 17.5 Å². The zero-order chi connectivity index (χ0) is 32.3. The summed E-state index contributed by atoms with van der Waals surface area (Å²) in [6.07, 6.45) is 0. The highest BCUT2D eigenvalue weighted by Gasteiger charge is 2.15. The maximum absolute atomic E-state index is 6.23. The van der Waals surface area contributed by atoms with E-state index in [0.717, 1.165) is 49.8 Å². The zero-order valence-electron chi connectivity index (χ0n) is 26.3. The predicted molar refractivity (Wildman–Crippen MR) is 201 cm³/mol. The topological polar surface area (TPSA) is 51.8 Å². The van der Waals surface area contributed by atoms with Crippen LogP contribution in [0.1, 0.15) is 0 Å². The lowest BCUT2D eigenvalue weighted by Gasteiger charge is -2.11. The number of hydrogen-bond acceptors (Lipinski definition) is 4. The Hall–Kier alpha value is -6.65. The van der Waals surface area contributed by atoms with Crippen molar-refractivity contribution in [3.63, 3.8) is 0 Å². The average Bonchev–Trinajstić information content (AvgIpc) is 3.56. The highest BCUT2D eigenvalue weighted by atomic mass is 16.3. The smallest absolute Gasteiger partial charge is 0.164 e. The zero-order valence-corrected chi connectivity index (χ0v) is 26.3. The van der Waals surface area contributed by atoms with E-state index >= 15 is 0 Å². The number of para-hydroxylation sites is 1. The van der Waals surface area contributed by atoms with Crippen LogP contribution in [0.15, 0.2) is 168 Å². The Balaban J connectivity index is 1.11. The summed E-state index contributed by atoms with van der Waals surface area (Å²) in [6, 6.07) is 57.0. The molecule has 0 aliphatic carbocycles. The molecule has 2 heterocycles. The lowest BCUT2D eigenvalue weighted by molar-refractivity contribution is 0.669. The van der Waals surface area contributed by atoms with Crippen molar-refractivity contribution < 1.29 is 4.42 Å². The minimum absolute atomic E-state index is 0.639. The van der Waals surface area contributed by atoms with Crippen LogP contribution in [-0.4, -0.2) is 15.0 Å². The quantitative estimate of drug-likeness (QED) is 0.183. The van der Waals surface area contributed by atoms with Crippen LogP contribution in [0.25, 0.3) is 99.5 Å². The van der Waals surface area contributed by atoms with E-state index in [-0.39, 0.29) is 0 Å². The number of benzene rings is 8. The maximum Gasteiger partial charge on any atom is 0.164 e. The van der Waals surface area contributed by atoms with E-state index in [1.165, 1.54) is 32.3 Å². The van der Waals surface area contributed by atoms with Gasteiger partial charge in [-0.15, -0.1) is 0 Å². The van der Waals surface area contributed by atoms with Crippen molar-refractivity contribution >= 4 is 54.3 Å². The summed E-state index contributed by atoms with van der Waals surface area (Å²) in [6.45, 7) is 0. The molecule has 0 saturated carbocycles. The van der Waals surface area contributed by atoms with E-state index in [4.69, 9.17) is 19.4 Å². The van der Waals surface area contributed by atoms with E-state index in [9.17, 15) is 0 Å². The number of hydrogen-bond donors (Lipinski definition) is 0. The second-order valence-electron chi connectivity index (χ2n) is 12.5. The van der Waals surface area contributed by atoms with Crippen LogP contribution in [0.4, 0.5) is 0 Å². The Labute approximate surface area is 282 Å². The van der Waals surface area contributed by atoms with Crippen LogP contribution in [0, 0.1) is 0 Å². The molecule has 0 radical (unpaired) electrons. The number of rotatable bonds is 4. The second kappa shape index (κ2) is 11.0. The van der Waals surface area contributed by atoms with Gasteiger partial charge in [0, 0.05) is 32.8 Å². The third-order valence-corrected chi connectivity index (χ3v) is 9.47. The van der Waals surface area contributed by atoms with E-state index in [1.807, 2.05) is 42.5 Å². The molecular weight excluding hydrogens is 599 g/mol. The Morgan fingerprint density at radius 2 is 0.898 bits per heavy atom. The fraction of sp³-hybridized carbons (Fsp3) is 0. The predicted octanol–water partition coefficient (Wildman–Crippen LogP) is 11.9. The maximum atomic E-state index is 6.23. The summed E-state index contributed by atoms with van der Waals surface area (Å²) in [5, 5.41) is 9.45. The number of fused-ring (bicyclic) bond motifs is 8. The summed E-state index contributed by atoms with van der Waals surface area (Å²) in [5.74, 6) is 1.94. The highest BCUT2D eigenvalue weighted by molar-refractivity contribution is 6.26. The van der Waals surface area contributed by atoms with Crippen molar-refractivity contribution in [3.05, 3.63) is 164 Å². The molecule has 10 rings (SSSR count). The molecule has 10 aromatic rings. The first-order chi connectivity index (χ1) is 24.2. The molecule has 0 N–H and O–H groups in total. The second-order valence-corrected chi connectivity index (χ2v) is 12.5. The molecule has 4 heteroatoms. The van der Waals surface area contributed by atoms with Gasteiger partial charge in [-0.05, 0) is 68.4 Å². The van der Waals surface area contributed by atoms with Crippen LogP contribution in [-0.2, 0) is 0 Å². The minimum atomic E-state index is 0.639. The van der Waals surface area contributed by atoms with Gasteiger partial charge in [-0.3, -0.25) is 0 Å². The van der Waals surface area contributed by atoms with Gasteiger partial charge >= 0.3 is 0 Å². The molecule has 228 valence electrons. The van der Waals surface area contributed by atoms with Gasteiger partial charge in [0.2, 0.25) is 0 Å². The largest absolute Gasteiger partial charge is 0.456 e. The van der Waals surface area contributed by atoms with E-state index in [1.54, 1.807) is 0 Å². The summed E-state index contributed by atoms with van der Waals surface area (Å²) < 4.78 is 6.23. The van der Waals surface area contributed by atoms with Crippen molar-refractivity contribution in [2.45, 2.75) is 0 Å². The molecule has 4 nitrogen and oxygen atoms in total. The van der Waals surface area contributed by atoms with Crippen LogP contribution in [0.3, 0.4) is 0 Å². The van der Waals surface area contributed by atoms with Gasteiger partial charge in [-0.2, -0.15) is 0 Å². The third-order valence-electron chi connectivity index (χ3n) is 9.47. The average molecular weight is 626 g/mol. The highest BCUT2D eigenvalue weighted by Crippen LogP contribution is 2.39. The molecule has 0 bridgehead atoms. The summed E-state index contributed by atoms with van der Waals surface area (Å²) >= 11 is 0. The van der Waals surface area contributed by atoms with E-state index in [2.05, 4.69) is 121 Å². The first-order valence-electron chi connectivity index (χ1n) is 16.4. The minimum Gasteiger partial charge on any atom is -0.456 e. The molecule has 0 fully saturated rings. The lowest BCUT2D eigenvalue weighted by atomic mass is 9.94. The molecular formula is C45H27N3O. The Kier molecular flexibility index (Phi) is 6.15. The van der Waals surface area contributed by atoms with Crippen molar-refractivity contribution in [3.8, 4) is 45.3 Å². The molecule has 8 aromatic carbocycles. The van der Waals surface area contributed by atoms with Crippen LogP contribution < -0.4 is 0 Å². The Bertz CT molecular complexity index is 2890. The summed E-state index contributed by atoms with van der Waals surface area (Å²) in [5.41, 5.74) is 6.89. The lowest BCUT2D eigenvalue weighted by Crippen LogP contribution is -2.00. The normalized spacial score (nSPS) is 11.7. The molecule has 0 aliphatic heterocycles. The van der Waals surface area contributed by atoms with Gasteiger partial charge in [-0.25, -0.2) is 15.0 Å². The van der Waals surface area contributed by atoms with E-state index in [0.29, 0.717) is 17.5 Å². The molecule has 0 spiro atoms. The Morgan fingerprint density at radius 3 is 1.78 bits per heavy atom. The number of furan rings is 1. The van der Waals surface area contributed by atoms with Crippen LogP contribution in [0.2, 0.25) is 0 Å². The fourth-order valence-electron chi connectivity index (χ4n) is 7.07. The summed E-state index contributed by atoms with van der Waals surface area (Å²) in [4.78, 5) is 15.0. The van der Waals surface area contributed by atoms with Crippen molar-refractivity contribution in [1.29, 1.82) is 0 Å². The Morgan fingerprint density at radius 1 is 0.306 bits per heavy atom. The van der Waals surface area contributed by atoms with Crippen LogP contribution in [0.5, 0.6) is 0 Å². The van der Waals surface area contributed by atoms with Crippen molar-refractivity contribution in [1.82, 2.24) is 15.0 Å². The van der Waals surface area contributed by atoms with Crippen LogP contribution >= 0.6 is 0 Å². The number of aromatic nitrogens is 3. The summed E-state index contributed by atoms with van der Waals surface area (Å²) in [7, 11) is 0. The molecule has 0 aliphatic rings. The van der Waals surface area contributed by atoms with Crippen molar-refractivity contribution in [2.24, 2.45) is 0 Å². The van der Waals surface area contributed by atoms with E-state index < -0.39 is 0 Å². The molecule has 0 amide bonds. The standard InChI is InChI=1S/C45H27N3O/c1-2-10-30(11-3-1)43-46-44(48-45(47-43)36-20-17-28-9-4-5-12-31(28)26-36)35-14-8-13-32(27-35)33-21-23-37-34(25-33)19-18-29-22-24-40-42(41(29)37)38-15-6-7-16-39(38)49-40/h1-27H.